The third kappa shape index (κ3) is 4.66. The van der Waals surface area contributed by atoms with Crippen LogP contribution in [0.5, 0.6) is 5.75 Å². The van der Waals surface area contributed by atoms with Crippen molar-refractivity contribution in [3.63, 3.8) is 0 Å². The molecule has 0 atom stereocenters. The van der Waals surface area contributed by atoms with Gasteiger partial charge in [-0.15, -0.1) is 13.2 Å². The highest BCUT2D eigenvalue weighted by atomic mass is 32.2. The minimum Gasteiger partial charge on any atom is -0.478 e. The molecule has 26 heavy (non-hydrogen) atoms. The number of hydrogen-bond acceptors (Lipinski definition) is 4. The van der Waals surface area contributed by atoms with E-state index in [0.29, 0.717) is 12.0 Å². The van der Waals surface area contributed by atoms with E-state index in [-0.39, 0.29) is 11.3 Å². The Kier molecular flexibility index (Phi) is 5.45. The predicted octanol–water partition coefficient (Wildman–Crippen LogP) is 3.65. The van der Waals surface area contributed by atoms with Crippen LogP contribution in [0.2, 0.25) is 0 Å². The zero-order valence-corrected chi connectivity index (χ0v) is 14.2. The second-order valence-electron chi connectivity index (χ2n) is 5.14. The maximum atomic E-state index is 12.5. The van der Waals surface area contributed by atoms with Gasteiger partial charge in [-0.05, 0) is 36.2 Å². The fourth-order valence-electron chi connectivity index (χ4n) is 2.16. The van der Waals surface area contributed by atoms with Crippen LogP contribution in [-0.2, 0) is 16.4 Å². The molecule has 2 aromatic carbocycles. The van der Waals surface area contributed by atoms with Gasteiger partial charge < -0.3 is 9.84 Å². The Morgan fingerprint density at radius 1 is 1.19 bits per heavy atom. The molecular formula is C16H14F3NO5S. The molecule has 0 heterocycles. The minimum absolute atomic E-state index is 0.267. The van der Waals surface area contributed by atoms with Crippen LogP contribution in [0.4, 0.5) is 18.9 Å². The molecule has 0 saturated carbocycles. The van der Waals surface area contributed by atoms with Crippen LogP contribution in [0, 0.1) is 0 Å². The molecule has 0 amide bonds. The highest BCUT2D eigenvalue weighted by Crippen LogP contribution is 2.31. The molecule has 0 aliphatic rings. The molecule has 0 saturated heterocycles. The highest BCUT2D eigenvalue weighted by Gasteiger charge is 2.34. The molecule has 0 aliphatic heterocycles. The Balaban J connectivity index is 2.47. The number of hydrogen-bond donors (Lipinski definition) is 2. The number of anilines is 1. The minimum atomic E-state index is -5.08. The Morgan fingerprint density at radius 2 is 1.85 bits per heavy atom. The summed E-state index contributed by atoms with van der Waals surface area (Å²) in [7, 11) is -4.53. The standard InChI is InChI=1S/C16H14F3NO5S/c1-2-10-7-8-12(11(9-10)15(21)22)20-26(23,24)14-6-4-3-5-13(14)25-16(17,18)19/h3-9,20H,2H2,1H3,(H,21,22). The van der Waals surface area contributed by atoms with Gasteiger partial charge in [-0.1, -0.05) is 25.1 Å². The third-order valence-corrected chi connectivity index (χ3v) is 4.74. The summed E-state index contributed by atoms with van der Waals surface area (Å²) in [6.07, 6.45) is -4.56. The number of rotatable bonds is 6. The second kappa shape index (κ2) is 7.24. The van der Waals surface area contributed by atoms with E-state index in [1.54, 1.807) is 6.92 Å². The summed E-state index contributed by atoms with van der Waals surface area (Å²) in [6, 6.07) is 8.22. The summed E-state index contributed by atoms with van der Waals surface area (Å²) in [5.74, 6) is -2.30. The Bertz CT molecular complexity index is 926. The zero-order chi connectivity index (χ0) is 19.5. The lowest BCUT2D eigenvalue weighted by atomic mass is 10.1. The van der Waals surface area contributed by atoms with Crippen LogP contribution >= 0.6 is 0 Å². The molecule has 0 unspecified atom stereocenters. The van der Waals surface area contributed by atoms with E-state index in [4.69, 9.17) is 0 Å². The van der Waals surface area contributed by atoms with Gasteiger partial charge in [-0.3, -0.25) is 4.72 Å². The average molecular weight is 389 g/mol. The van der Waals surface area contributed by atoms with Crippen molar-refractivity contribution >= 4 is 21.7 Å². The van der Waals surface area contributed by atoms with Crippen molar-refractivity contribution in [2.24, 2.45) is 0 Å². The number of benzene rings is 2. The molecule has 0 radical (unpaired) electrons. The molecule has 0 spiro atoms. The van der Waals surface area contributed by atoms with E-state index in [1.165, 1.54) is 30.3 Å². The first-order valence-electron chi connectivity index (χ1n) is 7.27. The van der Waals surface area contributed by atoms with E-state index < -0.39 is 33.0 Å². The lowest BCUT2D eigenvalue weighted by Crippen LogP contribution is -2.21. The van der Waals surface area contributed by atoms with Crippen LogP contribution in [0.15, 0.2) is 47.4 Å². The number of nitrogens with one attached hydrogen (secondary N) is 1. The van der Waals surface area contributed by atoms with E-state index >= 15 is 0 Å². The fraction of sp³-hybridized carbons (Fsp3) is 0.188. The first kappa shape index (κ1) is 19.6. The molecule has 0 aromatic heterocycles. The quantitative estimate of drug-likeness (QED) is 0.787. The molecule has 2 rings (SSSR count). The summed E-state index contributed by atoms with van der Waals surface area (Å²) in [4.78, 5) is 10.6. The van der Waals surface area contributed by atoms with Crippen molar-refractivity contribution in [2.45, 2.75) is 24.6 Å². The maximum Gasteiger partial charge on any atom is 0.573 e. The van der Waals surface area contributed by atoms with Crippen molar-refractivity contribution in [1.29, 1.82) is 0 Å². The summed E-state index contributed by atoms with van der Waals surface area (Å²) in [6.45, 7) is 1.79. The topological polar surface area (TPSA) is 92.7 Å². The molecule has 10 heteroatoms. The lowest BCUT2D eigenvalue weighted by molar-refractivity contribution is -0.275. The first-order valence-corrected chi connectivity index (χ1v) is 8.75. The van der Waals surface area contributed by atoms with E-state index in [9.17, 15) is 31.5 Å². The Hall–Kier alpha value is -2.75. The molecule has 0 fully saturated rings. The smallest absolute Gasteiger partial charge is 0.478 e. The van der Waals surface area contributed by atoms with Gasteiger partial charge in [-0.2, -0.15) is 0 Å². The van der Waals surface area contributed by atoms with Crippen molar-refractivity contribution in [3.8, 4) is 5.75 Å². The van der Waals surface area contributed by atoms with Gasteiger partial charge >= 0.3 is 12.3 Å². The van der Waals surface area contributed by atoms with E-state index in [0.717, 1.165) is 12.1 Å². The zero-order valence-electron chi connectivity index (χ0n) is 13.4. The number of alkyl halides is 3. The normalized spacial score (nSPS) is 11.8. The third-order valence-electron chi connectivity index (χ3n) is 3.33. The summed E-state index contributed by atoms with van der Waals surface area (Å²) >= 11 is 0. The number of aromatic carboxylic acids is 1. The first-order chi connectivity index (χ1) is 12.0. The number of carboxylic acids is 1. The van der Waals surface area contributed by atoms with E-state index in [1.807, 2.05) is 4.72 Å². The monoisotopic (exact) mass is 389 g/mol. The molecule has 6 nitrogen and oxygen atoms in total. The van der Waals surface area contributed by atoms with Gasteiger partial charge in [0.25, 0.3) is 10.0 Å². The molecule has 0 bridgehead atoms. The Morgan fingerprint density at radius 3 is 2.42 bits per heavy atom. The number of ether oxygens (including phenoxy) is 1. The van der Waals surface area contributed by atoms with Gasteiger partial charge in [0.15, 0.2) is 0 Å². The van der Waals surface area contributed by atoms with Crippen LogP contribution in [0.3, 0.4) is 0 Å². The number of para-hydroxylation sites is 1. The van der Waals surface area contributed by atoms with E-state index in [2.05, 4.69) is 4.74 Å². The van der Waals surface area contributed by atoms with Crippen LogP contribution < -0.4 is 9.46 Å². The summed E-state index contributed by atoms with van der Waals surface area (Å²) in [5.41, 5.74) is 0.0739. The summed E-state index contributed by atoms with van der Waals surface area (Å²) in [5, 5.41) is 9.25. The van der Waals surface area contributed by atoms with Crippen LogP contribution in [0.1, 0.15) is 22.8 Å². The molecular weight excluding hydrogens is 375 g/mol. The summed E-state index contributed by atoms with van der Waals surface area (Å²) < 4.78 is 68.1. The molecule has 140 valence electrons. The van der Waals surface area contributed by atoms with Crippen LogP contribution in [-0.4, -0.2) is 25.9 Å². The van der Waals surface area contributed by atoms with Gasteiger partial charge in [0.05, 0.1) is 11.3 Å². The number of halogens is 3. The van der Waals surface area contributed by atoms with Crippen molar-refractivity contribution < 1.29 is 36.2 Å². The average Bonchev–Trinajstić information content (AvgIpc) is 2.53. The van der Waals surface area contributed by atoms with Crippen molar-refractivity contribution in [1.82, 2.24) is 0 Å². The van der Waals surface area contributed by atoms with Gasteiger partial charge in [-0.25, -0.2) is 13.2 Å². The SMILES string of the molecule is CCc1ccc(NS(=O)(=O)c2ccccc2OC(F)(F)F)c(C(=O)O)c1. The number of sulfonamides is 1. The fourth-order valence-corrected chi connectivity index (χ4v) is 3.37. The largest absolute Gasteiger partial charge is 0.573 e. The van der Waals surface area contributed by atoms with Crippen LogP contribution in [0.25, 0.3) is 0 Å². The van der Waals surface area contributed by atoms with Gasteiger partial charge in [0, 0.05) is 0 Å². The number of carboxylic acid groups (broad SMARTS) is 1. The van der Waals surface area contributed by atoms with Crippen molar-refractivity contribution in [3.05, 3.63) is 53.6 Å². The number of carbonyl (C=O) groups is 1. The molecule has 0 aliphatic carbocycles. The lowest BCUT2D eigenvalue weighted by Gasteiger charge is -2.15. The maximum absolute atomic E-state index is 12.5. The van der Waals surface area contributed by atoms with Crippen molar-refractivity contribution in [2.75, 3.05) is 4.72 Å². The van der Waals surface area contributed by atoms with Gasteiger partial charge in [0.1, 0.15) is 10.6 Å². The predicted molar refractivity (Wildman–Crippen MR) is 86.7 cm³/mol. The molecule has 2 aromatic rings. The van der Waals surface area contributed by atoms with Gasteiger partial charge in [0.2, 0.25) is 0 Å². The second-order valence-corrected chi connectivity index (χ2v) is 6.79. The highest BCUT2D eigenvalue weighted by molar-refractivity contribution is 7.92. The molecule has 2 N–H and O–H groups in total. The number of aryl methyl sites for hydroxylation is 1. The Labute approximate surface area is 147 Å².